The van der Waals surface area contributed by atoms with Gasteiger partial charge in [0.2, 0.25) is 0 Å². The Hall–Kier alpha value is -4.67. The normalized spacial score (nSPS) is 20.2. The number of nitrogens with zero attached hydrogens (tertiary/aromatic N) is 5. The Bertz CT molecular complexity index is 1670. The van der Waals surface area contributed by atoms with Crippen LogP contribution in [0.15, 0.2) is 123 Å². The van der Waals surface area contributed by atoms with Gasteiger partial charge in [-0.2, -0.15) is 15.2 Å². The number of amides is 2. The number of para-hydroxylation sites is 1. The standard InChI is InChI=1S/C30H24ClN7O2S/c1-18-24(29(40)38(36-18)22-10-6-3-7-11-22)23-17-41-30-34-27(32)25(26(37(23)30)20-12-14-21(31)15-13-20)28(39)35-33-16-19-8-4-2-5-9-19/h2-17,24,26H,32H2,1H3,(H,35,39)/b33-16+. The van der Waals surface area contributed by atoms with Crippen LogP contribution in [0.3, 0.4) is 0 Å². The molecule has 2 amide bonds. The summed E-state index contributed by atoms with van der Waals surface area (Å²) in [6.07, 6.45) is 1.55. The Morgan fingerprint density at radius 1 is 1.05 bits per heavy atom. The first kappa shape index (κ1) is 26.5. The van der Waals surface area contributed by atoms with Gasteiger partial charge in [0, 0.05) is 10.7 Å². The fraction of sp³-hybridized carbons (Fsp3) is 0.100. The number of halogens is 1. The number of nitrogens with two attached hydrogens (primary N) is 1. The van der Waals surface area contributed by atoms with Gasteiger partial charge in [-0.1, -0.05) is 84.0 Å². The zero-order chi connectivity index (χ0) is 28.5. The number of nitrogens with one attached hydrogen (secondary N) is 1. The second-order valence-corrected chi connectivity index (χ2v) is 10.7. The van der Waals surface area contributed by atoms with Crippen molar-refractivity contribution < 1.29 is 9.59 Å². The number of benzene rings is 3. The van der Waals surface area contributed by atoms with Gasteiger partial charge in [-0.05, 0) is 47.7 Å². The predicted octanol–water partition coefficient (Wildman–Crippen LogP) is 5.00. The van der Waals surface area contributed by atoms with Gasteiger partial charge in [-0.3, -0.25) is 9.59 Å². The van der Waals surface area contributed by atoms with Gasteiger partial charge in [-0.15, -0.1) is 0 Å². The third-order valence-corrected chi connectivity index (χ3v) is 7.94. The lowest BCUT2D eigenvalue weighted by Gasteiger charge is -2.37. The second-order valence-electron chi connectivity index (χ2n) is 9.45. The van der Waals surface area contributed by atoms with Crippen molar-refractivity contribution in [2.45, 2.75) is 13.0 Å². The van der Waals surface area contributed by atoms with E-state index in [1.807, 2.05) is 90.0 Å². The van der Waals surface area contributed by atoms with E-state index in [1.54, 1.807) is 18.3 Å². The first-order chi connectivity index (χ1) is 19.9. The molecule has 3 aromatic carbocycles. The molecule has 3 heterocycles. The Morgan fingerprint density at radius 3 is 2.44 bits per heavy atom. The predicted molar refractivity (Wildman–Crippen MR) is 163 cm³/mol. The number of rotatable bonds is 6. The molecule has 9 nitrogen and oxygen atoms in total. The molecule has 3 aromatic rings. The number of carbonyl (C=O) groups is 2. The van der Waals surface area contributed by atoms with Crippen LogP contribution in [0.2, 0.25) is 5.02 Å². The van der Waals surface area contributed by atoms with E-state index in [-0.39, 0.29) is 17.3 Å². The summed E-state index contributed by atoms with van der Waals surface area (Å²) in [5.74, 6) is -1.31. The molecule has 0 aromatic heterocycles. The molecule has 0 bridgehead atoms. The van der Waals surface area contributed by atoms with E-state index in [1.165, 1.54) is 16.8 Å². The number of hydrogen-bond donors (Lipinski definition) is 2. The maximum atomic E-state index is 13.8. The minimum atomic E-state index is -0.695. The van der Waals surface area contributed by atoms with Gasteiger partial charge < -0.3 is 10.6 Å². The van der Waals surface area contributed by atoms with Gasteiger partial charge >= 0.3 is 0 Å². The highest BCUT2D eigenvalue weighted by Crippen LogP contribution is 2.46. The van der Waals surface area contributed by atoms with Gasteiger partial charge in [0.15, 0.2) is 5.17 Å². The monoisotopic (exact) mass is 581 g/mol. The highest BCUT2D eigenvalue weighted by atomic mass is 35.5. The number of hydrogen-bond acceptors (Lipinski definition) is 8. The maximum absolute atomic E-state index is 13.8. The molecule has 3 aliphatic heterocycles. The SMILES string of the molecule is CC1=NN(c2ccccc2)C(=O)C1C1=CSC2=NC(N)=C(C(=O)N/N=C/c3ccccc3)C(c3ccc(Cl)cc3)N12. The Kier molecular flexibility index (Phi) is 7.17. The van der Waals surface area contributed by atoms with Crippen molar-refractivity contribution in [1.29, 1.82) is 0 Å². The van der Waals surface area contributed by atoms with E-state index in [4.69, 9.17) is 17.3 Å². The van der Waals surface area contributed by atoms with Crippen molar-refractivity contribution >= 4 is 58.0 Å². The van der Waals surface area contributed by atoms with Crippen molar-refractivity contribution in [2.75, 3.05) is 5.01 Å². The van der Waals surface area contributed by atoms with Gasteiger partial charge in [0.25, 0.3) is 11.8 Å². The second kappa shape index (κ2) is 11.1. The van der Waals surface area contributed by atoms with Crippen molar-refractivity contribution in [1.82, 2.24) is 10.3 Å². The number of amidine groups is 1. The zero-order valence-electron chi connectivity index (χ0n) is 21.8. The lowest BCUT2D eigenvalue weighted by Crippen LogP contribution is -2.43. The third kappa shape index (κ3) is 5.03. The summed E-state index contributed by atoms with van der Waals surface area (Å²) in [7, 11) is 0. The average molecular weight is 582 g/mol. The molecule has 0 spiro atoms. The fourth-order valence-electron chi connectivity index (χ4n) is 4.94. The van der Waals surface area contributed by atoms with E-state index in [2.05, 4.69) is 20.6 Å². The Labute approximate surface area is 245 Å². The Balaban J connectivity index is 1.36. The maximum Gasteiger partial charge on any atom is 0.273 e. The number of thioether (sulfide) groups is 1. The van der Waals surface area contributed by atoms with Crippen molar-refractivity contribution in [3.05, 3.63) is 124 Å². The average Bonchev–Trinajstić information content (AvgIpc) is 3.52. The lowest BCUT2D eigenvalue weighted by molar-refractivity contribution is -0.119. The zero-order valence-corrected chi connectivity index (χ0v) is 23.4. The molecule has 3 N–H and O–H groups in total. The fourth-order valence-corrected chi connectivity index (χ4v) is 6.02. The van der Waals surface area contributed by atoms with Gasteiger partial charge in [0.1, 0.15) is 11.7 Å². The molecule has 0 fully saturated rings. The molecule has 3 aliphatic rings. The third-order valence-electron chi connectivity index (χ3n) is 6.83. The van der Waals surface area contributed by atoms with Crippen LogP contribution in [-0.2, 0) is 9.59 Å². The first-order valence-corrected chi connectivity index (χ1v) is 14.0. The van der Waals surface area contributed by atoms with Crippen molar-refractivity contribution in [2.24, 2.45) is 26.8 Å². The summed E-state index contributed by atoms with van der Waals surface area (Å²) >= 11 is 7.55. The summed E-state index contributed by atoms with van der Waals surface area (Å²) in [4.78, 5) is 33.8. The van der Waals surface area contributed by atoms with E-state index >= 15 is 0 Å². The van der Waals surface area contributed by atoms with Crippen LogP contribution in [-0.4, -0.2) is 33.8 Å². The lowest BCUT2D eigenvalue weighted by atomic mass is 9.92. The number of hydrazone groups is 2. The highest BCUT2D eigenvalue weighted by Gasteiger charge is 2.47. The van der Waals surface area contributed by atoms with Crippen LogP contribution in [0.25, 0.3) is 0 Å². The molecular weight excluding hydrogens is 558 g/mol. The number of aliphatic imine (C=N–C) groups is 1. The minimum absolute atomic E-state index is 0.0693. The van der Waals surface area contributed by atoms with E-state index in [0.29, 0.717) is 27.3 Å². The summed E-state index contributed by atoms with van der Waals surface area (Å²) in [5, 5.41) is 13.1. The van der Waals surface area contributed by atoms with Crippen LogP contribution in [0.1, 0.15) is 24.1 Å². The molecule has 0 radical (unpaired) electrons. The van der Waals surface area contributed by atoms with E-state index in [9.17, 15) is 9.59 Å². The van der Waals surface area contributed by atoms with Gasteiger partial charge in [0.05, 0.1) is 29.2 Å². The Morgan fingerprint density at radius 2 is 1.73 bits per heavy atom. The summed E-state index contributed by atoms with van der Waals surface area (Å²) in [6, 6.07) is 25.1. The molecule has 11 heteroatoms. The molecule has 204 valence electrons. The molecule has 0 saturated heterocycles. The van der Waals surface area contributed by atoms with Crippen LogP contribution in [0.5, 0.6) is 0 Å². The molecule has 0 saturated carbocycles. The molecule has 2 atom stereocenters. The van der Waals surface area contributed by atoms with Crippen LogP contribution in [0, 0.1) is 5.92 Å². The minimum Gasteiger partial charge on any atom is -0.383 e. The van der Waals surface area contributed by atoms with Crippen LogP contribution >= 0.6 is 23.4 Å². The number of fused-ring (bicyclic) bond motifs is 1. The number of anilines is 1. The molecule has 0 aliphatic carbocycles. The summed E-state index contributed by atoms with van der Waals surface area (Å²) in [6.45, 7) is 1.82. The molecule has 2 unspecified atom stereocenters. The van der Waals surface area contributed by atoms with E-state index < -0.39 is 17.9 Å². The van der Waals surface area contributed by atoms with Crippen molar-refractivity contribution in [3.8, 4) is 0 Å². The quantitative estimate of drug-likeness (QED) is 0.314. The summed E-state index contributed by atoms with van der Waals surface area (Å²) < 4.78 is 0. The summed E-state index contributed by atoms with van der Waals surface area (Å²) in [5.41, 5.74) is 12.8. The molecular formula is C30H24ClN7O2S. The highest BCUT2D eigenvalue weighted by molar-refractivity contribution is 8.16. The van der Waals surface area contributed by atoms with Crippen molar-refractivity contribution in [3.63, 3.8) is 0 Å². The topological polar surface area (TPSA) is 116 Å². The molecule has 6 rings (SSSR count). The number of carbonyl (C=O) groups excluding carboxylic acids is 2. The van der Waals surface area contributed by atoms with Gasteiger partial charge in [-0.25, -0.2) is 10.4 Å². The first-order valence-electron chi connectivity index (χ1n) is 12.7. The largest absolute Gasteiger partial charge is 0.383 e. The molecule has 41 heavy (non-hydrogen) atoms. The van der Waals surface area contributed by atoms with E-state index in [0.717, 1.165) is 11.1 Å². The smallest absolute Gasteiger partial charge is 0.273 e. The van der Waals surface area contributed by atoms with Crippen LogP contribution < -0.4 is 16.2 Å². The van der Waals surface area contributed by atoms with Crippen LogP contribution in [0.4, 0.5) is 5.69 Å².